The van der Waals surface area contributed by atoms with Gasteiger partial charge in [-0.2, -0.15) is 4.39 Å². The van der Waals surface area contributed by atoms with Gasteiger partial charge >= 0.3 is 0 Å². The first-order valence-corrected chi connectivity index (χ1v) is 8.23. The van der Waals surface area contributed by atoms with Crippen LogP contribution in [0.1, 0.15) is 12.7 Å². The standard InChI is InChI=1S/C21H19FN4/c1-4-6-7-14(5-2)20-25-18-10-8-15(12-17(18)21(23-3)26-20)16-9-11-19(22)24-13-16/h4-13H,2H2,1,3H3,(H,23,25,26)/b6-4-,14-7+. The van der Waals surface area contributed by atoms with Gasteiger partial charge in [-0.15, -0.1) is 0 Å². The Kier molecular flexibility index (Phi) is 5.17. The molecule has 0 aliphatic rings. The molecule has 0 bridgehead atoms. The minimum atomic E-state index is -0.497. The number of benzene rings is 1. The zero-order valence-corrected chi connectivity index (χ0v) is 14.7. The molecule has 0 amide bonds. The van der Waals surface area contributed by atoms with E-state index in [0.717, 1.165) is 33.4 Å². The lowest BCUT2D eigenvalue weighted by atomic mass is 10.0. The second kappa shape index (κ2) is 7.70. The van der Waals surface area contributed by atoms with Crippen LogP contribution in [0.3, 0.4) is 0 Å². The molecule has 0 fully saturated rings. The molecule has 0 spiro atoms. The molecule has 2 aromatic heterocycles. The van der Waals surface area contributed by atoms with E-state index in [0.29, 0.717) is 5.82 Å². The van der Waals surface area contributed by atoms with Crippen LogP contribution in [0, 0.1) is 5.95 Å². The fraction of sp³-hybridized carbons (Fsp3) is 0.0952. The van der Waals surface area contributed by atoms with Crippen LogP contribution in [0.15, 0.2) is 67.4 Å². The zero-order valence-electron chi connectivity index (χ0n) is 14.7. The van der Waals surface area contributed by atoms with Gasteiger partial charge in [-0.1, -0.05) is 36.9 Å². The SMILES string of the molecule is C=C/C(=C\C=C/C)c1nc(NC)c2cc(-c3ccc(F)nc3)ccc2n1. The third kappa shape index (κ3) is 3.52. The maximum Gasteiger partial charge on any atom is 0.212 e. The van der Waals surface area contributed by atoms with Crippen LogP contribution in [0.4, 0.5) is 10.2 Å². The van der Waals surface area contributed by atoms with Crippen LogP contribution in [-0.4, -0.2) is 22.0 Å². The van der Waals surface area contributed by atoms with Crippen molar-refractivity contribution in [1.82, 2.24) is 15.0 Å². The number of aromatic nitrogens is 3. The molecule has 1 aromatic carbocycles. The van der Waals surface area contributed by atoms with E-state index >= 15 is 0 Å². The van der Waals surface area contributed by atoms with Gasteiger partial charge in [-0.25, -0.2) is 15.0 Å². The summed E-state index contributed by atoms with van der Waals surface area (Å²) in [6, 6.07) is 8.89. The molecule has 0 saturated heterocycles. The Hall–Kier alpha value is -3.34. The average Bonchev–Trinajstić information content (AvgIpc) is 2.68. The lowest BCUT2D eigenvalue weighted by Gasteiger charge is -2.10. The maximum absolute atomic E-state index is 13.1. The number of nitrogens with zero attached hydrogens (tertiary/aromatic N) is 3. The van der Waals surface area contributed by atoms with Crippen molar-refractivity contribution >= 4 is 22.3 Å². The van der Waals surface area contributed by atoms with Crippen molar-refractivity contribution in [3.8, 4) is 11.1 Å². The van der Waals surface area contributed by atoms with E-state index < -0.39 is 5.95 Å². The molecule has 0 aliphatic heterocycles. The van der Waals surface area contributed by atoms with Crippen molar-refractivity contribution in [2.24, 2.45) is 0 Å². The monoisotopic (exact) mass is 346 g/mol. The summed E-state index contributed by atoms with van der Waals surface area (Å²) in [7, 11) is 1.82. The van der Waals surface area contributed by atoms with Crippen LogP contribution >= 0.6 is 0 Å². The molecule has 1 N–H and O–H groups in total. The van der Waals surface area contributed by atoms with Gasteiger partial charge in [0.1, 0.15) is 5.82 Å². The minimum Gasteiger partial charge on any atom is -0.373 e. The molecule has 4 nitrogen and oxygen atoms in total. The summed E-state index contributed by atoms with van der Waals surface area (Å²) in [6.45, 7) is 5.79. The number of fused-ring (bicyclic) bond motifs is 1. The molecule has 26 heavy (non-hydrogen) atoms. The Labute approximate surface area is 151 Å². The number of hydrogen-bond donors (Lipinski definition) is 1. The van der Waals surface area contributed by atoms with Crippen LogP contribution in [0.2, 0.25) is 0 Å². The topological polar surface area (TPSA) is 50.7 Å². The van der Waals surface area contributed by atoms with Crippen LogP contribution in [0.5, 0.6) is 0 Å². The molecular weight excluding hydrogens is 327 g/mol. The third-order valence-corrected chi connectivity index (χ3v) is 3.94. The lowest BCUT2D eigenvalue weighted by Crippen LogP contribution is -2.01. The van der Waals surface area contributed by atoms with E-state index in [4.69, 9.17) is 0 Å². The van der Waals surface area contributed by atoms with Gasteiger partial charge in [0.15, 0.2) is 5.82 Å². The van der Waals surface area contributed by atoms with E-state index in [1.165, 1.54) is 12.3 Å². The highest BCUT2D eigenvalue weighted by Crippen LogP contribution is 2.28. The highest BCUT2D eigenvalue weighted by molar-refractivity contribution is 5.93. The highest BCUT2D eigenvalue weighted by Gasteiger charge is 2.10. The van der Waals surface area contributed by atoms with Gasteiger partial charge in [-0.3, -0.25) is 0 Å². The Morgan fingerprint density at radius 2 is 1.96 bits per heavy atom. The first-order valence-electron chi connectivity index (χ1n) is 8.23. The molecular formula is C21H19FN4. The second-order valence-corrected chi connectivity index (χ2v) is 5.60. The van der Waals surface area contributed by atoms with Gasteiger partial charge in [-0.05, 0) is 36.8 Å². The first kappa shape index (κ1) is 17.5. The van der Waals surface area contributed by atoms with Crippen molar-refractivity contribution in [1.29, 1.82) is 0 Å². The predicted octanol–water partition coefficient (Wildman–Crippen LogP) is 5.02. The first-order chi connectivity index (χ1) is 12.7. The molecule has 0 radical (unpaired) electrons. The van der Waals surface area contributed by atoms with Gasteiger partial charge in [0.25, 0.3) is 0 Å². The van der Waals surface area contributed by atoms with E-state index in [-0.39, 0.29) is 0 Å². The van der Waals surface area contributed by atoms with E-state index in [1.54, 1.807) is 12.1 Å². The maximum atomic E-state index is 13.1. The average molecular weight is 346 g/mol. The van der Waals surface area contributed by atoms with Crippen molar-refractivity contribution in [2.75, 3.05) is 12.4 Å². The molecule has 0 atom stereocenters. The Morgan fingerprint density at radius 3 is 2.62 bits per heavy atom. The summed E-state index contributed by atoms with van der Waals surface area (Å²) >= 11 is 0. The number of allylic oxidation sites excluding steroid dienone is 5. The Morgan fingerprint density at radius 1 is 1.15 bits per heavy atom. The molecule has 5 heteroatoms. The largest absolute Gasteiger partial charge is 0.373 e. The van der Waals surface area contributed by atoms with Gasteiger partial charge in [0.05, 0.1) is 5.52 Å². The number of rotatable bonds is 5. The van der Waals surface area contributed by atoms with Crippen LogP contribution in [0.25, 0.3) is 27.6 Å². The van der Waals surface area contributed by atoms with E-state index in [1.807, 2.05) is 50.4 Å². The summed E-state index contributed by atoms with van der Waals surface area (Å²) < 4.78 is 13.1. The normalized spacial score (nSPS) is 11.9. The summed E-state index contributed by atoms with van der Waals surface area (Å²) in [5, 5.41) is 4.01. The van der Waals surface area contributed by atoms with Crippen molar-refractivity contribution < 1.29 is 4.39 Å². The number of hydrogen-bond acceptors (Lipinski definition) is 4. The molecule has 3 aromatic rings. The van der Waals surface area contributed by atoms with Crippen LogP contribution < -0.4 is 5.32 Å². The molecule has 0 aliphatic carbocycles. The summed E-state index contributed by atoms with van der Waals surface area (Å²) in [5.74, 6) is 0.824. The number of anilines is 1. The summed E-state index contributed by atoms with van der Waals surface area (Å²) in [6.07, 6.45) is 9.03. The van der Waals surface area contributed by atoms with Crippen molar-refractivity contribution in [3.63, 3.8) is 0 Å². The number of halogens is 1. The Balaban J connectivity index is 2.14. The van der Waals surface area contributed by atoms with E-state index in [9.17, 15) is 4.39 Å². The quantitative estimate of drug-likeness (QED) is 0.521. The van der Waals surface area contributed by atoms with Gasteiger partial charge < -0.3 is 5.32 Å². The lowest BCUT2D eigenvalue weighted by molar-refractivity contribution is 0.584. The van der Waals surface area contributed by atoms with Crippen LogP contribution in [-0.2, 0) is 0 Å². The predicted molar refractivity (Wildman–Crippen MR) is 105 cm³/mol. The van der Waals surface area contributed by atoms with E-state index in [2.05, 4.69) is 26.8 Å². The smallest absolute Gasteiger partial charge is 0.212 e. The molecule has 0 saturated carbocycles. The zero-order chi connectivity index (χ0) is 18.5. The fourth-order valence-corrected chi connectivity index (χ4v) is 2.61. The minimum absolute atomic E-state index is 0.497. The molecule has 0 unspecified atom stereocenters. The number of nitrogens with one attached hydrogen (secondary N) is 1. The molecule has 2 heterocycles. The highest BCUT2D eigenvalue weighted by atomic mass is 19.1. The molecule has 3 rings (SSSR count). The van der Waals surface area contributed by atoms with Gasteiger partial charge in [0.2, 0.25) is 5.95 Å². The molecule has 130 valence electrons. The van der Waals surface area contributed by atoms with Crippen molar-refractivity contribution in [2.45, 2.75) is 6.92 Å². The fourth-order valence-electron chi connectivity index (χ4n) is 2.61. The second-order valence-electron chi connectivity index (χ2n) is 5.60. The summed E-state index contributed by atoms with van der Waals surface area (Å²) in [5.41, 5.74) is 3.41. The Bertz CT molecular complexity index is 1000. The van der Waals surface area contributed by atoms with Crippen molar-refractivity contribution in [3.05, 3.63) is 79.2 Å². The summed E-state index contributed by atoms with van der Waals surface area (Å²) in [4.78, 5) is 13.0. The van der Waals surface area contributed by atoms with Gasteiger partial charge in [0, 0.05) is 29.8 Å². The number of pyridine rings is 1. The third-order valence-electron chi connectivity index (χ3n) is 3.94.